The number of benzene rings is 4. The molecule has 36 heavy (non-hydrogen) atoms. The molecule has 0 aromatic heterocycles. The molecule has 0 radical (unpaired) electrons. The van der Waals surface area contributed by atoms with Gasteiger partial charge in [0.05, 0.1) is 15.9 Å². The number of para-hydroxylation sites is 1. The van der Waals surface area contributed by atoms with Crippen LogP contribution in [0.5, 0.6) is 11.5 Å². The summed E-state index contributed by atoms with van der Waals surface area (Å²) >= 11 is 2.20. The molecule has 0 saturated carbocycles. The Morgan fingerprint density at radius 1 is 0.917 bits per heavy atom. The van der Waals surface area contributed by atoms with Crippen molar-refractivity contribution in [3.05, 3.63) is 105 Å². The van der Waals surface area contributed by atoms with E-state index in [2.05, 4.69) is 52.2 Å². The van der Waals surface area contributed by atoms with Gasteiger partial charge < -0.3 is 14.8 Å². The Balaban J connectivity index is 1.42. The molecule has 1 aliphatic heterocycles. The molecule has 3 amide bonds. The van der Waals surface area contributed by atoms with Crippen LogP contribution < -0.4 is 19.7 Å². The highest BCUT2D eigenvalue weighted by molar-refractivity contribution is 14.1. The maximum Gasteiger partial charge on any atom is 0.333 e. The van der Waals surface area contributed by atoms with Crippen LogP contribution in [-0.2, 0) is 11.4 Å². The van der Waals surface area contributed by atoms with E-state index in [4.69, 9.17) is 9.47 Å². The second-order valence-corrected chi connectivity index (χ2v) is 9.32. The lowest BCUT2D eigenvalue weighted by Gasteiger charge is -2.16. The lowest BCUT2D eigenvalue weighted by molar-refractivity contribution is -0.113. The Kier molecular flexibility index (Phi) is 6.90. The number of carbonyl (C=O) groups is 2. The number of urea groups is 1. The highest BCUT2D eigenvalue weighted by Gasteiger charge is 2.34. The number of amides is 3. The van der Waals surface area contributed by atoms with Crippen molar-refractivity contribution < 1.29 is 19.1 Å². The van der Waals surface area contributed by atoms with Crippen LogP contribution in [0.15, 0.2) is 90.6 Å². The van der Waals surface area contributed by atoms with Gasteiger partial charge in [0.15, 0.2) is 11.5 Å². The van der Waals surface area contributed by atoms with Crippen LogP contribution in [-0.4, -0.2) is 18.5 Å². The highest BCUT2D eigenvalue weighted by atomic mass is 127. The minimum atomic E-state index is -0.479. The van der Waals surface area contributed by atoms with Crippen molar-refractivity contribution >= 4 is 57.1 Å². The number of carbonyl (C=O) groups excluding carboxylic acids is 2. The second-order valence-electron chi connectivity index (χ2n) is 8.15. The SMILES string of the molecule is CCOc1cc(C=C2NC(=O)N(c3ccccc3)C2=O)cc(I)c1OCc1cccc2ccccc12. The van der Waals surface area contributed by atoms with E-state index in [1.165, 1.54) is 0 Å². The minimum absolute atomic E-state index is 0.200. The number of nitrogens with zero attached hydrogens (tertiary/aromatic N) is 1. The number of fused-ring (bicyclic) bond motifs is 1. The normalized spacial score (nSPS) is 14.4. The zero-order chi connectivity index (χ0) is 25.1. The molecule has 1 fully saturated rings. The summed E-state index contributed by atoms with van der Waals surface area (Å²) in [6.45, 7) is 2.75. The average molecular weight is 590 g/mol. The first-order chi connectivity index (χ1) is 17.5. The predicted molar refractivity (Wildman–Crippen MR) is 149 cm³/mol. The van der Waals surface area contributed by atoms with Crippen LogP contribution in [0.4, 0.5) is 10.5 Å². The van der Waals surface area contributed by atoms with Gasteiger partial charge in [-0.05, 0) is 81.8 Å². The molecule has 4 aromatic carbocycles. The van der Waals surface area contributed by atoms with E-state index in [0.29, 0.717) is 30.4 Å². The molecule has 0 atom stereocenters. The molecule has 4 aromatic rings. The number of imide groups is 1. The number of hydrogen-bond acceptors (Lipinski definition) is 4. The largest absolute Gasteiger partial charge is 0.490 e. The van der Waals surface area contributed by atoms with Crippen LogP contribution >= 0.6 is 22.6 Å². The van der Waals surface area contributed by atoms with Crippen LogP contribution in [0.25, 0.3) is 16.8 Å². The van der Waals surface area contributed by atoms with E-state index < -0.39 is 11.9 Å². The van der Waals surface area contributed by atoms with Gasteiger partial charge in [0, 0.05) is 0 Å². The smallest absolute Gasteiger partial charge is 0.333 e. The van der Waals surface area contributed by atoms with Crippen molar-refractivity contribution in [2.24, 2.45) is 0 Å². The van der Waals surface area contributed by atoms with Gasteiger partial charge in [0.1, 0.15) is 12.3 Å². The molecule has 7 heteroatoms. The quantitative estimate of drug-likeness (QED) is 0.151. The number of halogens is 1. The molecule has 0 bridgehead atoms. The molecular formula is C29H23IN2O4. The van der Waals surface area contributed by atoms with E-state index in [1.807, 2.05) is 43.3 Å². The molecule has 1 N–H and O–H groups in total. The number of anilines is 1. The Labute approximate surface area is 222 Å². The number of ether oxygens (including phenoxy) is 2. The summed E-state index contributed by atoms with van der Waals surface area (Å²) in [6, 6.07) is 26.5. The maximum atomic E-state index is 13.0. The fourth-order valence-corrected chi connectivity index (χ4v) is 4.94. The first kappa shape index (κ1) is 23.9. The van der Waals surface area contributed by atoms with Gasteiger partial charge in [0.25, 0.3) is 5.91 Å². The monoisotopic (exact) mass is 590 g/mol. The first-order valence-electron chi connectivity index (χ1n) is 11.5. The molecular weight excluding hydrogens is 567 g/mol. The van der Waals surface area contributed by atoms with E-state index >= 15 is 0 Å². The van der Waals surface area contributed by atoms with Crippen molar-refractivity contribution in [3.8, 4) is 11.5 Å². The topological polar surface area (TPSA) is 67.9 Å². The van der Waals surface area contributed by atoms with E-state index in [-0.39, 0.29) is 5.70 Å². The third-order valence-corrected chi connectivity index (χ3v) is 6.59. The zero-order valence-electron chi connectivity index (χ0n) is 19.5. The van der Waals surface area contributed by atoms with Gasteiger partial charge in [-0.15, -0.1) is 0 Å². The molecule has 0 unspecified atom stereocenters. The summed E-state index contributed by atoms with van der Waals surface area (Å²) in [6.07, 6.45) is 1.66. The molecule has 0 aliphatic carbocycles. The molecule has 180 valence electrons. The Hall–Kier alpha value is -3.85. The van der Waals surface area contributed by atoms with Crippen molar-refractivity contribution in [1.29, 1.82) is 0 Å². The first-order valence-corrected chi connectivity index (χ1v) is 12.6. The van der Waals surface area contributed by atoms with Crippen LogP contribution in [0, 0.1) is 3.57 Å². The van der Waals surface area contributed by atoms with Crippen molar-refractivity contribution in [1.82, 2.24) is 5.32 Å². The van der Waals surface area contributed by atoms with Crippen LogP contribution in [0.3, 0.4) is 0 Å². The molecule has 5 rings (SSSR count). The van der Waals surface area contributed by atoms with Crippen LogP contribution in [0.1, 0.15) is 18.1 Å². The van der Waals surface area contributed by atoms with Gasteiger partial charge in [-0.3, -0.25) is 4.79 Å². The minimum Gasteiger partial charge on any atom is -0.490 e. The number of nitrogens with one attached hydrogen (secondary N) is 1. The lowest BCUT2D eigenvalue weighted by atomic mass is 10.1. The molecule has 1 aliphatic rings. The third kappa shape index (κ3) is 4.79. The molecule has 1 saturated heterocycles. The summed E-state index contributed by atoms with van der Waals surface area (Å²) in [5.74, 6) is 0.809. The highest BCUT2D eigenvalue weighted by Crippen LogP contribution is 2.36. The Morgan fingerprint density at radius 3 is 2.47 bits per heavy atom. The number of rotatable bonds is 7. The lowest BCUT2D eigenvalue weighted by Crippen LogP contribution is -2.30. The maximum absolute atomic E-state index is 13.0. The second kappa shape index (κ2) is 10.4. The summed E-state index contributed by atoms with van der Waals surface area (Å²) < 4.78 is 13.0. The molecule has 6 nitrogen and oxygen atoms in total. The summed E-state index contributed by atoms with van der Waals surface area (Å²) in [5.41, 5.74) is 2.52. The van der Waals surface area contributed by atoms with Crippen molar-refractivity contribution in [2.75, 3.05) is 11.5 Å². The van der Waals surface area contributed by atoms with Gasteiger partial charge in [-0.1, -0.05) is 60.7 Å². The average Bonchev–Trinajstić information content (AvgIpc) is 3.16. The number of hydrogen-bond donors (Lipinski definition) is 1. The van der Waals surface area contributed by atoms with Gasteiger partial charge in [-0.2, -0.15) is 0 Å². The zero-order valence-corrected chi connectivity index (χ0v) is 21.7. The van der Waals surface area contributed by atoms with E-state index in [0.717, 1.165) is 30.4 Å². The third-order valence-electron chi connectivity index (χ3n) is 5.79. The molecule has 1 heterocycles. The van der Waals surface area contributed by atoms with Crippen LogP contribution in [0.2, 0.25) is 0 Å². The van der Waals surface area contributed by atoms with Crippen molar-refractivity contribution in [2.45, 2.75) is 13.5 Å². The Bertz CT molecular complexity index is 1480. The fourth-order valence-electron chi connectivity index (χ4n) is 4.16. The molecule has 0 spiro atoms. The Morgan fingerprint density at radius 2 is 1.67 bits per heavy atom. The summed E-state index contributed by atoms with van der Waals surface area (Å²) in [7, 11) is 0. The van der Waals surface area contributed by atoms with Gasteiger partial charge >= 0.3 is 6.03 Å². The summed E-state index contributed by atoms with van der Waals surface area (Å²) in [5, 5.41) is 4.98. The summed E-state index contributed by atoms with van der Waals surface area (Å²) in [4.78, 5) is 26.6. The van der Waals surface area contributed by atoms with Gasteiger partial charge in [0.2, 0.25) is 0 Å². The van der Waals surface area contributed by atoms with Crippen molar-refractivity contribution in [3.63, 3.8) is 0 Å². The standard InChI is InChI=1S/C29H23IN2O4/c1-2-35-26-17-19(16-25-28(33)32(29(34)31-25)22-12-4-3-5-13-22)15-24(30)27(26)36-18-21-11-8-10-20-9-6-7-14-23(20)21/h3-17H,2,18H2,1H3,(H,31,34). The fraction of sp³-hybridized carbons (Fsp3) is 0.103. The predicted octanol–water partition coefficient (Wildman–Crippen LogP) is 6.52. The van der Waals surface area contributed by atoms with E-state index in [1.54, 1.807) is 30.3 Å². The van der Waals surface area contributed by atoms with E-state index in [9.17, 15) is 9.59 Å². The van der Waals surface area contributed by atoms with Gasteiger partial charge in [-0.25, -0.2) is 9.69 Å².